The number of fused-ring (bicyclic) bond motifs is 2. The summed E-state index contributed by atoms with van der Waals surface area (Å²) in [6.07, 6.45) is 5.25. The van der Waals surface area contributed by atoms with Gasteiger partial charge in [0.2, 0.25) is 5.28 Å². The van der Waals surface area contributed by atoms with Gasteiger partial charge >= 0.3 is 6.09 Å². The molecule has 2 aliphatic heterocycles. The highest BCUT2D eigenvalue weighted by molar-refractivity contribution is 14.1. The Morgan fingerprint density at radius 3 is 2.60 bits per heavy atom. The van der Waals surface area contributed by atoms with E-state index in [1.807, 2.05) is 40.8 Å². The Morgan fingerprint density at radius 2 is 1.94 bits per heavy atom. The van der Waals surface area contributed by atoms with Crippen molar-refractivity contribution in [2.45, 2.75) is 77.1 Å². The van der Waals surface area contributed by atoms with E-state index in [2.05, 4.69) is 43.2 Å². The first kappa shape index (κ1) is 25.5. The normalized spacial score (nSPS) is 28.3. The van der Waals surface area contributed by atoms with E-state index in [1.54, 1.807) is 4.90 Å². The van der Waals surface area contributed by atoms with Crippen LogP contribution in [0.3, 0.4) is 0 Å². The van der Waals surface area contributed by atoms with Crippen LogP contribution in [0.2, 0.25) is 10.4 Å². The van der Waals surface area contributed by atoms with Gasteiger partial charge in [0.25, 0.3) is 0 Å². The fourth-order valence-electron chi connectivity index (χ4n) is 5.39. The Hall–Kier alpha value is -1.14. The molecule has 8 nitrogen and oxygen atoms in total. The van der Waals surface area contributed by atoms with E-state index in [4.69, 9.17) is 37.4 Å². The van der Waals surface area contributed by atoms with Crippen molar-refractivity contribution in [3.05, 3.63) is 31.9 Å². The highest BCUT2D eigenvalue weighted by Crippen LogP contribution is 2.51. The molecule has 0 aromatic carbocycles. The zero-order valence-electron chi connectivity index (χ0n) is 20.3. The van der Waals surface area contributed by atoms with Crippen LogP contribution >= 0.6 is 45.8 Å². The molecule has 4 atom stereocenters. The monoisotopic (exact) mass is 634 g/mol. The Bertz CT molecular complexity index is 1210. The smallest absolute Gasteiger partial charge is 0.410 e. The second kappa shape index (κ2) is 9.01. The van der Waals surface area contributed by atoms with Crippen molar-refractivity contribution in [3.8, 4) is 0 Å². The van der Waals surface area contributed by atoms with E-state index in [9.17, 15) is 4.79 Å². The molecule has 5 rings (SSSR count). The summed E-state index contributed by atoms with van der Waals surface area (Å²) < 4.78 is 21.5. The molecule has 3 aliphatic rings. The Labute approximate surface area is 228 Å². The molecule has 35 heavy (non-hydrogen) atoms. The predicted molar refractivity (Wildman–Crippen MR) is 142 cm³/mol. The standard InChI is InChI=1S/C24H29Cl2IN4O4/c1-23(2,3)35-22(32)30-8-6-12(7-9-30)13-10-15(18-17(13)33-24(4,5)34-18)31-11-14(27)16-19(25)28-21(26)29-20(16)31/h6,11,13,15,17-18H,7-10H2,1-5H3/t13-,15-,17-,18+/m1/s1. The van der Waals surface area contributed by atoms with Gasteiger partial charge in [0.15, 0.2) is 5.79 Å². The van der Waals surface area contributed by atoms with Crippen molar-refractivity contribution in [2.75, 3.05) is 13.1 Å². The van der Waals surface area contributed by atoms with E-state index in [0.29, 0.717) is 23.9 Å². The Morgan fingerprint density at radius 1 is 1.23 bits per heavy atom. The third kappa shape index (κ3) is 4.91. The largest absolute Gasteiger partial charge is 0.444 e. The average molecular weight is 635 g/mol. The summed E-state index contributed by atoms with van der Waals surface area (Å²) in [5.41, 5.74) is 1.48. The molecule has 0 spiro atoms. The summed E-state index contributed by atoms with van der Waals surface area (Å²) in [5.74, 6) is -0.528. The van der Waals surface area contributed by atoms with Gasteiger partial charge in [-0.1, -0.05) is 23.3 Å². The van der Waals surface area contributed by atoms with Crippen molar-refractivity contribution in [1.82, 2.24) is 19.4 Å². The molecule has 1 saturated heterocycles. The third-order valence-corrected chi connectivity index (χ3v) is 7.98. The molecule has 1 aliphatic carbocycles. The average Bonchev–Trinajstić information content (AvgIpc) is 3.34. The minimum absolute atomic E-state index is 0.00962. The van der Waals surface area contributed by atoms with E-state index < -0.39 is 11.4 Å². The first-order chi connectivity index (χ1) is 16.3. The molecule has 2 aromatic rings. The number of amides is 1. The number of hydrogen-bond donors (Lipinski definition) is 0. The molecular weight excluding hydrogens is 606 g/mol. The van der Waals surface area contributed by atoms with E-state index in [1.165, 1.54) is 5.57 Å². The van der Waals surface area contributed by atoms with E-state index in [-0.39, 0.29) is 35.5 Å². The first-order valence-corrected chi connectivity index (χ1v) is 13.6. The molecule has 4 heterocycles. The van der Waals surface area contributed by atoms with Gasteiger partial charge in [-0.05, 0) is 81.7 Å². The van der Waals surface area contributed by atoms with Crippen LogP contribution in [-0.2, 0) is 14.2 Å². The van der Waals surface area contributed by atoms with Gasteiger partial charge in [-0.15, -0.1) is 0 Å². The van der Waals surface area contributed by atoms with Crippen molar-refractivity contribution >= 4 is 62.9 Å². The molecule has 11 heteroatoms. The summed E-state index contributed by atoms with van der Waals surface area (Å²) in [5, 5.41) is 1.25. The maximum absolute atomic E-state index is 12.5. The quantitative estimate of drug-likeness (QED) is 0.175. The van der Waals surface area contributed by atoms with Gasteiger partial charge < -0.3 is 23.7 Å². The number of rotatable bonds is 2. The van der Waals surface area contributed by atoms with Crippen LogP contribution in [0.4, 0.5) is 4.79 Å². The number of ether oxygens (including phenoxy) is 3. The molecule has 0 N–H and O–H groups in total. The number of carbonyl (C=O) groups excluding carboxylic acids is 1. The molecule has 0 unspecified atom stereocenters. The molecule has 1 saturated carbocycles. The van der Waals surface area contributed by atoms with Gasteiger partial charge in [0.1, 0.15) is 22.5 Å². The van der Waals surface area contributed by atoms with Crippen LogP contribution in [0.15, 0.2) is 17.8 Å². The van der Waals surface area contributed by atoms with Crippen LogP contribution in [0, 0.1) is 9.49 Å². The predicted octanol–water partition coefficient (Wildman–Crippen LogP) is 5.99. The number of aromatic nitrogens is 3. The molecule has 2 fully saturated rings. The lowest BCUT2D eigenvalue weighted by Crippen LogP contribution is -2.40. The van der Waals surface area contributed by atoms with Crippen molar-refractivity contribution in [3.63, 3.8) is 0 Å². The molecule has 2 aromatic heterocycles. The van der Waals surface area contributed by atoms with Gasteiger partial charge in [0, 0.05) is 28.8 Å². The molecular formula is C24H29Cl2IN4O4. The summed E-state index contributed by atoms with van der Waals surface area (Å²) in [7, 11) is 0. The highest BCUT2D eigenvalue weighted by atomic mass is 127. The van der Waals surface area contributed by atoms with Gasteiger partial charge in [-0.2, -0.15) is 4.98 Å². The van der Waals surface area contributed by atoms with Crippen molar-refractivity contribution in [1.29, 1.82) is 0 Å². The topological polar surface area (TPSA) is 78.7 Å². The van der Waals surface area contributed by atoms with Gasteiger partial charge in [-0.25, -0.2) is 9.78 Å². The Kier molecular flexibility index (Phi) is 6.56. The van der Waals surface area contributed by atoms with Crippen LogP contribution in [0.5, 0.6) is 0 Å². The van der Waals surface area contributed by atoms with Crippen LogP contribution < -0.4 is 0 Å². The molecule has 0 bridgehead atoms. The number of nitrogens with zero attached hydrogens (tertiary/aromatic N) is 4. The second-order valence-electron chi connectivity index (χ2n) is 10.8. The second-order valence-corrected chi connectivity index (χ2v) is 12.7. The lowest BCUT2D eigenvalue weighted by molar-refractivity contribution is -0.158. The lowest BCUT2D eigenvalue weighted by Gasteiger charge is -2.32. The van der Waals surface area contributed by atoms with E-state index in [0.717, 1.165) is 21.8 Å². The fraction of sp³-hybridized carbons (Fsp3) is 0.625. The number of halogens is 3. The lowest BCUT2D eigenvalue weighted by atomic mass is 9.90. The molecule has 1 amide bonds. The summed E-state index contributed by atoms with van der Waals surface area (Å²) in [4.78, 5) is 22.9. The Balaban J connectivity index is 1.44. The summed E-state index contributed by atoms with van der Waals surface area (Å²) in [6.45, 7) is 10.7. The molecule has 190 valence electrons. The zero-order valence-corrected chi connectivity index (χ0v) is 24.0. The fourth-order valence-corrected chi connectivity index (χ4v) is 6.82. The zero-order chi connectivity index (χ0) is 25.3. The van der Waals surface area contributed by atoms with Crippen LogP contribution in [-0.4, -0.2) is 62.2 Å². The van der Waals surface area contributed by atoms with Crippen LogP contribution in [0.1, 0.15) is 53.5 Å². The first-order valence-electron chi connectivity index (χ1n) is 11.7. The minimum atomic E-state index is -0.690. The molecule has 0 radical (unpaired) electrons. The van der Waals surface area contributed by atoms with Crippen molar-refractivity contribution < 1.29 is 19.0 Å². The van der Waals surface area contributed by atoms with E-state index >= 15 is 0 Å². The SMILES string of the molecule is CC(C)(C)OC(=O)N1CC=C([C@H]2C[C@@H](n3cc(I)c4c(Cl)nc(Cl)nc43)[C@@H]3OC(C)(C)O[C@@H]32)CC1. The summed E-state index contributed by atoms with van der Waals surface area (Å²) >= 11 is 14.8. The van der Waals surface area contributed by atoms with Crippen molar-refractivity contribution in [2.24, 2.45) is 5.92 Å². The van der Waals surface area contributed by atoms with Crippen LogP contribution in [0.25, 0.3) is 11.0 Å². The number of carbonyl (C=O) groups is 1. The maximum Gasteiger partial charge on any atom is 0.410 e. The number of hydrogen-bond acceptors (Lipinski definition) is 6. The highest BCUT2D eigenvalue weighted by Gasteiger charge is 2.55. The third-order valence-electron chi connectivity index (χ3n) is 6.72. The maximum atomic E-state index is 12.5. The van der Waals surface area contributed by atoms with Gasteiger partial charge in [0.05, 0.1) is 17.5 Å². The summed E-state index contributed by atoms with van der Waals surface area (Å²) in [6, 6.07) is -0.00962. The minimum Gasteiger partial charge on any atom is -0.444 e. The van der Waals surface area contributed by atoms with Gasteiger partial charge in [-0.3, -0.25) is 0 Å².